The van der Waals surface area contributed by atoms with Crippen LogP contribution in [-0.2, 0) is 6.61 Å². The summed E-state index contributed by atoms with van der Waals surface area (Å²) in [6.45, 7) is 8.58. The number of carbonyl (C=O) groups is 1. The maximum atomic E-state index is 12.7. The largest absolute Gasteiger partial charge is 0.489 e. The number of ether oxygens (including phenoxy) is 1. The summed E-state index contributed by atoms with van der Waals surface area (Å²) in [6.07, 6.45) is 0. The zero-order valence-corrected chi connectivity index (χ0v) is 15.6. The highest BCUT2D eigenvalue weighted by atomic mass is 35.5. The highest BCUT2D eigenvalue weighted by Gasteiger charge is 2.24. The second-order valence-corrected chi connectivity index (χ2v) is 6.17. The highest BCUT2D eigenvalue weighted by Crippen LogP contribution is 2.20. The number of nitrogens with zero attached hydrogens (tertiary/aromatic N) is 2. The van der Waals surface area contributed by atoms with Gasteiger partial charge in [-0.1, -0.05) is 11.2 Å². The van der Waals surface area contributed by atoms with Gasteiger partial charge in [-0.2, -0.15) is 0 Å². The number of aromatic nitrogens is 1. The zero-order chi connectivity index (χ0) is 17.1. The predicted octanol–water partition coefficient (Wildman–Crippen LogP) is 2.73. The van der Waals surface area contributed by atoms with Crippen molar-refractivity contribution in [1.29, 1.82) is 0 Å². The summed E-state index contributed by atoms with van der Waals surface area (Å²) in [6, 6.07) is 7.53. The van der Waals surface area contributed by atoms with E-state index in [1.54, 1.807) is 6.07 Å². The number of piperazine rings is 1. The number of halogens is 1. The molecule has 0 radical (unpaired) electrons. The predicted molar refractivity (Wildman–Crippen MR) is 97.4 cm³/mol. The van der Waals surface area contributed by atoms with E-state index in [1.165, 1.54) is 0 Å². The van der Waals surface area contributed by atoms with E-state index in [2.05, 4.69) is 17.4 Å². The minimum Gasteiger partial charge on any atom is -0.489 e. The van der Waals surface area contributed by atoms with Gasteiger partial charge in [-0.25, -0.2) is 0 Å². The average molecular weight is 366 g/mol. The number of benzene rings is 1. The van der Waals surface area contributed by atoms with E-state index in [0.29, 0.717) is 17.9 Å². The molecule has 2 aromatic rings. The molecule has 1 fully saturated rings. The summed E-state index contributed by atoms with van der Waals surface area (Å²) in [4.78, 5) is 14.6. The summed E-state index contributed by atoms with van der Waals surface area (Å²) < 4.78 is 11.0. The maximum Gasteiger partial charge on any atom is 0.254 e. The lowest BCUT2D eigenvalue weighted by molar-refractivity contribution is 0.0655. The molecule has 2 heterocycles. The van der Waals surface area contributed by atoms with Crippen LogP contribution in [0, 0.1) is 13.8 Å². The van der Waals surface area contributed by atoms with E-state index in [1.807, 2.05) is 36.9 Å². The first kappa shape index (κ1) is 19.3. The van der Waals surface area contributed by atoms with Crippen LogP contribution in [0.2, 0.25) is 0 Å². The van der Waals surface area contributed by atoms with E-state index >= 15 is 0 Å². The van der Waals surface area contributed by atoms with Crippen LogP contribution in [0.3, 0.4) is 0 Å². The number of aryl methyl sites for hydroxylation is 2. The van der Waals surface area contributed by atoms with Crippen molar-refractivity contribution in [2.45, 2.75) is 33.4 Å². The fourth-order valence-electron chi connectivity index (χ4n) is 2.89. The van der Waals surface area contributed by atoms with Crippen molar-refractivity contribution < 1.29 is 14.1 Å². The highest BCUT2D eigenvalue weighted by molar-refractivity contribution is 5.94. The van der Waals surface area contributed by atoms with Crippen LogP contribution in [0.4, 0.5) is 0 Å². The molecule has 0 saturated carbocycles. The van der Waals surface area contributed by atoms with Gasteiger partial charge < -0.3 is 19.5 Å². The lowest BCUT2D eigenvalue weighted by Gasteiger charge is -2.34. The molecule has 1 atom stereocenters. The van der Waals surface area contributed by atoms with E-state index < -0.39 is 0 Å². The van der Waals surface area contributed by atoms with Crippen molar-refractivity contribution in [3.05, 3.63) is 46.8 Å². The SMILES string of the molecule is Cc1noc(C)c1COc1cccc(C(=O)N2CCNC[C@H]2C)c1.Cl. The molecule has 1 N–H and O–H groups in total. The first-order valence-electron chi connectivity index (χ1n) is 8.22. The minimum absolute atomic E-state index is 0. The fourth-order valence-corrected chi connectivity index (χ4v) is 2.89. The molecule has 1 aliphatic rings. The lowest BCUT2D eigenvalue weighted by atomic mass is 10.1. The number of carbonyl (C=O) groups excluding carboxylic acids is 1. The average Bonchev–Trinajstić information content (AvgIpc) is 2.91. The molecule has 1 aliphatic heterocycles. The fraction of sp³-hybridized carbons (Fsp3) is 0.444. The summed E-state index contributed by atoms with van der Waals surface area (Å²) in [5, 5.41) is 7.22. The Morgan fingerprint density at radius 3 is 2.92 bits per heavy atom. The van der Waals surface area contributed by atoms with Crippen molar-refractivity contribution >= 4 is 18.3 Å². The molecule has 0 spiro atoms. The molecule has 1 saturated heterocycles. The number of amides is 1. The molecule has 0 aliphatic carbocycles. The van der Waals surface area contributed by atoms with Crippen LogP contribution in [0.15, 0.2) is 28.8 Å². The molecular formula is C18H24ClN3O3. The van der Waals surface area contributed by atoms with Crippen molar-refractivity contribution in [1.82, 2.24) is 15.4 Å². The van der Waals surface area contributed by atoms with Gasteiger partial charge in [-0.3, -0.25) is 4.79 Å². The van der Waals surface area contributed by atoms with Crippen LogP contribution < -0.4 is 10.1 Å². The number of nitrogens with one attached hydrogen (secondary N) is 1. The molecular weight excluding hydrogens is 342 g/mol. The van der Waals surface area contributed by atoms with Gasteiger partial charge in [0.1, 0.15) is 18.1 Å². The number of hydrogen-bond donors (Lipinski definition) is 1. The number of rotatable bonds is 4. The molecule has 7 heteroatoms. The second-order valence-electron chi connectivity index (χ2n) is 6.17. The summed E-state index contributed by atoms with van der Waals surface area (Å²) >= 11 is 0. The normalized spacial score (nSPS) is 17.1. The molecule has 3 rings (SSSR count). The molecule has 6 nitrogen and oxygen atoms in total. The Hall–Kier alpha value is -2.05. The van der Waals surface area contributed by atoms with Gasteiger partial charge in [-0.15, -0.1) is 12.4 Å². The van der Waals surface area contributed by atoms with Gasteiger partial charge in [0, 0.05) is 31.2 Å². The Balaban J connectivity index is 0.00000225. The topological polar surface area (TPSA) is 67.6 Å². The van der Waals surface area contributed by atoms with Crippen LogP contribution in [0.5, 0.6) is 5.75 Å². The van der Waals surface area contributed by atoms with Crippen LogP contribution in [0.25, 0.3) is 0 Å². The molecule has 136 valence electrons. The molecule has 0 unspecified atom stereocenters. The quantitative estimate of drug-likeness (QED) is 0.902. The van der Waals surface area contributed by atoms with Gasteiger partial charge >= 0.3 is 0 Å². The van der Waals surface area contributed by atoms with E-state index in [4.69, 9.17) is 9.26 Å². The second kappa shape index (κ2) is 8.36. The third-order valence-electron chi connectivity index (χ3n) is 4.41. The van der Waals surface area contributed by atoms with Crippen LogP contribution in [0.1, 0.15) is 34.3 Å². The molecule has 1 amide bonds. The van der Waals surface area contributed by atoms with E-state index in [9.17, 15) is 4.79 Å². The Kier molecular flexibility index (Phi) is 6.45. The minimum atomic E-state index is 0. The maximum absolute atomic E-state index is 12.7. The first-order valence-corrected chi connectivity index (χ1v) is 8.22. The third kappa shape index (κ3) is 4.32. The van der Waals surface area contributed by atoms with Gasteiger partial charge in [0.05, 0.1) is 11.3 Å². The monoisotopic (exact) mass is 365 g/mol. The Morgan fingerprint density at radius 1 is 1.44 bits per heavy atom. The standard InChI is InChI=1S/C18H23N3O3.ClH/c1-12-10-19-7-8-21(12)18(22)15-5-4-6-16(9-15)23-11-17-13(2)20-24-14(17)3;/h4-6,9,12,19H,7-8,10-11H2,1-3H3;1H/t12-;/m1./s1. The van der Waals surface area contributed by atoms with Crippen LogP contribution >= 0.6 is 12.4 Å². The molecule has 1 aromatic heterocycles. The summed E-state index contributed by atoms with van der Waals surface area (Å²) in [5.41, 5.74) is 2.43. The zero-order valence-electron chi connectivity index (χ0n) is 14.7. The smallest absolute Gasteiger partial charge is 0.254 e. The lowest BCUT2D eigenvalue weighted by Crippen LogP contribution is -2.52. The Morgan fingerprint density at radius 2 is 2.24 bits per heavy atom. The van der Waals surface area contributed by atoms with Crippen molar-refractivity contribution in [2.24, 2.45) is 0 Å². The number of hydrogen-bond acceptors (Lipinski definition) is 5. The van der Waals surface area contributed by atoms with Gasteiger partial charge in [0.25, 0.3) is 5.91 Å². The van der Waals surface area contributed by atoms with Gasteiger partial charge in [0.15, 0.2) is 0 Å². The van der Waals surface area contributed by atoms with Crippen LogP contribution in [-0.4, -0.2) is 41.6 Å². The van der Waals surface area contributed by atoms with Crippen molar-refractivity contribution in [3.63, 3.8) is 0 Å². The molecule has 25 heavy (non-hydrogen) atoms. The van der Waals surface area contributed by atoms with Gasteiger partial charge in [0.2, 0.25) is 0 Å². The van der Waals surface area contributed by atoms with E-state index in [-0.39, 0.29) is 24.4 Å². The van der Waals surface area contributed by atoms with Gasteiger partial charge in [-0.05, 0) is 39.0 Å². The third-order valence-corrected chi connectivity index (χ3v) is 4.41. The summed E-state index contributed by atoms with van der Waals surface area (Å²) in [5.74, 6) is 1.48. The van der Waals surface area contributed by atoms with E-state index in [0.717, 1.165) is 36.7 Å². The van der Waals surface area contributed by atoms with Crippen molar-refractivity contribution in [2.75, 3.05) is 19.6 Å². The molecule has 0 bridgehead atoms. The molecule has 1 aromatic carbocycles. The Bertz CT molecular complexity index is 713. The Labute approximate surface area is 153 Å². The first-order chi connectivity index (χ1) is 11.6. The summed E-state index contributed by atoms with van der Waals surface area (Å²) in [7, 11) is 0. The van der Waals surface area contributed by atoms with Crippen molar-refractivity contribution in [3.8, 4) is 5.75 Å².